The molecule has 0 radical (unpaired) electrons. The average molecular weight is 289 g/mol. The first-order chi connectivity index (χ1) is 8.24. The summed E-state index contributed by atoms with van der Waals surface area (Å²) in [6.07, 6.45) is 2.97. The lowest BCUT2D eigenvalue weighted by atomic mass is 10.2. The molecular weight excluding hydrogens is 268 g/mol. The topological polar surface area (TPSA) is 55.1 Å². The number of hydrogen-bond donors (Lipinski definition) is 2. The Balaban J connectivity index is 0.00000289. The van der Waals surface area contributed by atoms with E-state index < -0.39 is 0 Å². The van der Waals surface area contributed by atoms with Crippen LogP contribution in [0.5, 0.6) is 0 Å². The number of carbonyl (C=O) groups is 1. The molecule has 0 aliphatic heterocycles. The van der Waals surface area contributed by atoms with E-state index in [-0.39, 0.29) is 18.3 Å². The second kappa shape index (κ2) is 10.1. The van der Waals surface area contributed by atoms with Crippen LogP contribution < -0.4 is 11.1 Å². The predicted octanol–water partition coefficient (Wildman–Crippen LogP) is 3.55. The number of unbranched alkanes of at least 4 members (excludes halogenated alkanes) is 1. The number of rotatable bonds is 7. The van der Waals surface area contributed by atoms with Gasteiger partial charge in [-0.25, -0.2) is 0 Å². The van der Waals surface area contributed by atoms with Crippen LogP contribution in [0.1, 0.15) is 26.2 Å². The van der Waals surface area contributed by atoms with Crippen LogP contribution in [0, 0.1) is 0 Å². The van der Waals surface area contributed by atoms with Gasteiger partial charge in [0.2, 0.25) is 5.91 Å². The van der Waals surface area contributed by atoms with E-state index in [1.54, 1.807) is 6.07 Å². The summed E-state index contributed by atoms with van der Waals surface area (Å²) >= 11 is 1.83. The fraction of sp³-hybridized carbons (Fsp3) is 0.462. The number of carbonyl (C=O) groups excluding carboxylic acids is 1. The molecule has 0 bridgehead atoms. The zero-order valence-corrected chi connectivity index (χ0v) is 12.3. The zero-order chi connectivity index (χ0) is 12.5. The lowest BCUT2D eigenvalue weighted by molar-refractivity contribution is -0.115. The lowest BCUT2D eigenvalue weighted by Crippen LogP contribution is -2.13. The number of halogens is 1. The minimum Gasteiger partial charge on any atom is -0.397 e. The summed E-state index contributed by atoms with van der Waals surface area (Å²) in [5.74, 6) is 2.04. The third kappa shape index (κ3) is 6.77. The maximum absolute atomic E-state index is 11.6. The van der Waals surface area contributed by atoms with Crippen molar-refractivity contribution in [1.29, 1.82) is 0 Å². The maximum atomic E-state index is 11.6. The number of thioether (sulfide) groups is 1. The van der Waals surface area contributed by atoms with Crippen LogP contribution in [0.25, 0.3) is 0 Å². The van der Waals surface area contributed by atoms with Gasteiger partial charge >= 0.3 is 0 Å². The molecule has 1 aromatic carbocycles. The average Bonchev–Trinajstić information content (AvgIpc) is 2.32. The molecule has 102 valence electrons. The van der Waals surface area contributed by atoms with Crippen LogP contribution in [0.2, 0.25) is 0 Å². The van der Waals surface area contributed by atoms with Gasteiger partial charge < -0.3 is 11.1 Å². The summed E-state index contributed by atoms with van der Waals surface area (Å²) in [5, 5.41) is 2.82. The van der Waals surface area contributed by atoms with Crippen LogP contribution >= 0.6 is 24.2 Å². The first-order valence-corrected chi connectivity index (χ1v) is 7.11. The fourth-order valence-corrected chi connectivity index (χ4v) is 2.36. The molecule has 0 aliphatic rings. The molecule has 0 saturated heterocycles. The Kier molecular flexibility index (Phi) is 9.60. The maximum Gasteiger partial charge on any atom is 0.225 e. The molecular formula is C13H21ClN2OS. The van der Waals surface area contributed by atoms with Gasteiger partial charge in [0.15, 0.2) is 0 Å². The van der Waals surface area contributed by atoms with Gasteiger partial charge in [0, 0.05) is 12.2 Å². The molecule has 0 unspecified atom stereocenters. The van der Waals surface area contributed by atoms with E-state index in [1.807, 2.05) is 30.0 Å². The van der Waals surface area contributed by atoms with Gasteiger partial charge in [0.25, 0.3) is 0 Å². The van der Waals surface area contributed by atoms with Crippen molar-refractivity contribution in [2.75, 3.05) is 22.6 Å². The summed E-state index contributed by atoms with van der Waals surface area (Å²) in [5.41, 5.74) is 7.06. The molecule has 1 aromatic rings. The molecule has 0 atom stereocenters. The number of nitrogens with two attached hydrogens (primary N) is 1. The van der Waals surface area contributed by atoms with Crippen LogP contribution in [-0.2, 0) is 4.79 Å². The molecule has 0 spiro atoms. The van der Waals surface area contributed by atoms with Crippen molar-refractivity contribution < 1.29 is 4.79 Å². The van der Waals surface area contributed by atoms with E-state index in [1.165, 1.54) is 12.8 Å². The largest absolute Gasteiger partial charge is 0.397 e. The summed E-state index contributed by atoms with van der Waals surface area (Å²) in [7, 11) is 0. The number of nitrogens with one attached hydrogen (secondary N) is 1. The summed E-state index contributed by atoms with van der Waals surface area (Å²) in [4.78, 5) is 11.6. The van der Waals surface area contributed by atoms with E-state index >= 15 is 0 Å². The highest BCUT2D eigenvalue weighted by molar-refractivity contribution is 7.99. The van der Waals surface area contributed by atoms with Crippen LogP contribution in [0.4, 0.5) is 11.4 Å². The van der Waals surface area contributed by atoms with Crippen molar-refractivity contribution >= 4 is 41.5 Å². The zero-order valence-electron chi connectivity index (χ0n) is 10.6. The molecule has 0 aromatic heterocycles. The standard InChI is InChI=1S/C13H20N2OS.ClH/c1-2-3-9-17-10-8-13(16)15-12-7-5-4-6-11(12)14;/h4-7H,2-3,8-10,14H2,1H3,(H,15,16);1H. The van der Waals surface area contributed by atoms with Gasteiger partial charge in [0.1, 0.15) is 0 Å². The third-order valence-corrected chi connectivity index (χ3v) is 3.42. The third-order valence-electron chi connectivity index (χ3n) is 2.35. The minimum atomic E-state index is 0. The summed E-state index contributed by atoms with van der Waals surface area (Å²) < 4.78 is 0. The van der Waals surface area contributed by atoms with Crippen LogP contribution in [-0.4, -0.2) is 17.4 Å². The monoisotopic (exact) mass is 288 g/mol. The second-order valence-corrected chi connectivity index (χ2v) is 5.08. The molecule has 0 saturated carbocycles. The lowest BCUT2D eigenvalue weighted by Gasteiger charge is -2.07. The number of para-hydroxylation sites is 2. The predicted molar refractivity (Wildman–Crippen MR) is 83.6 cm³/mol. The van der Waals surface area contributed by atoms with Gasteiger partial charge in [-0.2, -0.15) is 11.8 Å². The number of benzene rings is 1. The molecule has 3 N–H and O–H groups in total. The van der Waals surface area contributed by atoms with Crippen molar-refractivity contribution in [1.82, 2.24) is 0 Å². The van der Waals surface area contributed by atoms with Crippen LogP contribution in [0.3, 0.4) is 0 Å². The highest BCUT2D eigenvalue weighted by atomic mass is 35.5. The number of nitrogen functional groups attached to an aromatic ring is 1. The van der Waals surface area contributed by atoms with E-state index in [4.69, 9.17) is 5.73 Å². The molecule has 0 aliphatic carbocycles. The van der Waals surface area contributed by atoms with Crippen molar-refractivity contribution in [3.8, 4) is 0 Å². The van der Waals surface area contributed by atoms with Gasteiger partial charge in [-0.3, -0.25) is 4.79 Å². The smallest absolute Gasteiger partial charge is 0.225 e. The van der Waals surface area contributed by atoms with Gasteiger partial charge in [0.05, 0.1) is 11.4 Å². The summed E-state index contributed by atoms with van der Waals surface area (Å²) in [6, 6.07) is 7.32. The Morgan fingerprint density at radius 2 is 2.06 bits per heavy atom. The Hall–Kier alpha value is -0.870. The Morgan fingerprint density at radius 3 is 2.72 bits per heavy atom. The molecule has 3 nitrogen and oxygen atoms in total. The highest BCUT2D eigenvalue weighted by Gasteiger charge is 2.04. The highest BCUT2D eigenvalue weighted by Crippen LogP contribution is 2.17. The molecule has 0 fully saturated rings. The minimum absolute atomic E-state index is 0. The van der Waals surface area contributed by atoms with Crippen molar-refractivity contribution in [2.45, 2.75) is 26.2 Å². The molecule has 1 rings (SSSR count). The van der Waals surface area contributed by atoms with E-state index in [2.05, 4.69) is 12.2 Å². The van der Waals surface area contributed by atoms with E-state index in [9.17, 15) is 4.79 Å². The molecule has 1 amide bonds. The van der Waals surface area contributed by atoms with Gasteiger partial charge in [-0.15, -0.1) is 12.4 Å². The van der Waals surface area contributed by atoms with Crippen molar-refractivity contribution in [2.24, 2.45) is 0 Å². The van der Waals surface area contributed by atoms with Crippen molar-refractivity contribution in [3.05, 3.63) is 24.3 Å². The second-order valence-electron chi connectivity index (χ2n) is 3.85. The first-order valence-electron chi connectivity index (χ1n) is 5.96. The van der Waals surface area contributed by atoms with Gasteiger partial charge in [-0.05, 0) is 24.3 Å². The number of anilines is 2. The number of amides is 1. The molecule has 5 heteroatoms. The first kappa shape index (κ1) is 17.1. The Labute approximate surface area is 119 Å². The Bertz CT molecular complexity index is 361. The van der Waals surface area contributed by atoms with Crippen molar-refractivity contribution in [3.63, 3.8) is 0 Å². The quantitative estimate of drug-likeness (QED) is 0.596. The normalized spacial score (nSPS) is 9.61. The molecule has 0 heterocycles. The number of hydrogen-bond acceptors (Lipinski definition) is 3. The van der Waals surface area contributed by atoms with E-state index in [0.717, 1.165) is 11.5 Å². The summed E-state index contributed by atoms with van der Waals surface area (Å²) in [6.45, 7) is 2.17. The molecule has 18 heavy (non-hydrogen) atoms. The SMILES string of the molecule is CCCCSCCC(=O)Nc1ccccc1N.Cl. The van der Waals surface area contributed by atoms with E-state index in [0.29, 0.717) is 17.8 Å². The van der Waals surface area contributed by atoms with Crippen LogP contribution in [0.15, 0.2) is 24.3 Å². The fourth-order valence-electron chi connectivity index (χ4n) is 1.34. The van der Waals surface area contributed by atoms with Gasteiger partial charge in [-0.1, -0.05) is 25.5 Å². The Morgan fingerprint density at radius 1 is 1.33 bits per heavy atom.